The first-order chi connectivity index (χ1) is 12.7. The van der Waals surface area contributed by atoms with Crippen LogP contribution in [0.25, 0.3) is 11.3 Å². The molecule has 1 aromatic carbocycles. The van der Waals surface area contributed by atoms with Crippen molar-refractivity contribution in [2.45, 2.75) is 25.9 Å². The molecule has 8 heteroatoms. The summed E-state index contributed by atoms with van der Waals surface area (Å²) in [7, 11) is 0. The Bertz CT molecular complexity index is 890. The summed E-state index contributed by atoms with van der Waals surface area (Å²) in [4.78, 5) is 27.7. The van der Waals surface area contributed by atoms with Crippen LogP contribution in [-0.4, -0.2) is 37.0 Å². The zero-order chi connectivity index (χ0) is 18.2. The number of amides is 1. The van der Waals surface area contributed by atoms with E-state index in [1.54, 1.807) is 17.1 Å². The first-order valence-corrected chi connectivity index (χ1v) is 8.45. The minimum Gasteiger partial charge on any atom is -0.354 e. The molecule has 0 aliphatic heterocycles. The molecule has 8 nitrogen and oxygen atoms in total. The van der Waals surface area contributed by atoms with E-state index in [9.17, 15) is 9.59 Å². The molecule has 0 aliphatic carbocycles. The van der Waals surface area contributed by atoms with Gasteiger partial charge in [-0.2, -0.15) is 10.2 Å². The second-order valence-electron chi connectivity index (χ2n) is 5.76. The van der Waals surface area contributed by atoms with Gasteiger partial charge in [0.2, 0.25) is 5.91 Å². The molecule has 0 atom stereocenters. The van der Waals surface area contributed by atoms with Gasteiger partial charge in [0.05, 0.1) is 12.2 Å². The molecule has 2 heterocycles. The minimum absolute atomic E-state index is 0.0580. The molecule has 0 spiro atoms. The van der Waals surface area contributed by atoms with E-state index in [4.69, 9.17) is 0 Å². The lowest BCUT2D eigenvalue weighted by molar-refractivity contribution is -0.121. The van der Waals surface area contributed by atoms with Crippen molar-refractivity contribution in [3.05, 3.63) is 65.5 Å². The van der Waals surface area contributed by atoms with Gasteiger partial charge in [-0.1, -0.05) is 30.3 Å². The summed E-state index contributed by atoms with van der Waals surface area (Å²) in [5.74, 6) is -0.0580. The highest BCUT2D eigenvalue weighted by molar-refractivity contribution is 5.75. The predicted molar refractivity (Wildman–Crippen MR) is 96.2 cm³/mol. The van der Waals surface area contributed by atoms with Gasteiger partial charge < -0.3 is 5.32 Å². The van der Waals surface area contributed by atoms with Gasteiger partial charge in [0, 0.05) is 31.1 Å². The third-order valence-electron chi connectivity index (χ3n) is 3.84. The Morgan fingerprint density at radius 3 is 2.69 bits per heavy atom. The van der Waals surface area contributed by atoms with E-state index in [2.05, 4.69) is 20.5 Å². The predicted octanol–water partition coefficient (Wildman–Crippen LogP) is 1.10. The molecule has 0 unspecified atom stereocenters. The summed E-state index contributed by atoms with van der Waals surface area (Å²) in [6, 6.07) is 12.9. The Kier molecular flexibility index (Phi) is 5.87. The van der Waals surface area contributed by atoms with Crippen LogP contribution in [0.4, 0.5) is 0 Å². The van der Waals surface area contributed by atoms with Crippen LogP contribution in [0.3, 0.4) is 0 Å². The summed E-state index contributed by atoms with van der Waals surface area (Å²) >= 11 is 0. The van der Waals surface area contributed by atoms with Crippen LogP contribution in [-0.2, 0) is 17.9 Å². The number of benzene rings is 1. The molecule has 2 aromatic heterocycles. The van der Waals surface area contributed by atoms with Crippen LogP contribution >= 0.6 is 0 Å². The molecule has 26 heavy (non-hydrogen) atoms. The van der Waals surface area contributed by atoms with Crippen molar-refractivity contribution >= 4 is 5.91 Å². The maximum absolute atomic E-state index is 12.0. The Morgan fingerprint density at radius 2 is 1.92 bits per heavy atom. The van der Waals surface area contributed by atoms with Gasteiger partial charge in [-0.3, -0.25) is 14.3 Å². The fraction of sp³-hybridized carbons (Fsp3) is 0.278. The molecule has 0 fully saturated rings. The number of aryl methyl sites for hydroxylation is 1. The number of carbonyl (C=O) groups is 1. The molecule has 0 bridgehead atoms. The van der Waals surface area contributed by atoms with Crippen molar-refractivity contribution in [1.29, 1.82) is 0 Å². The third-order valence-corrected chi connectivity index (χ3v) is 3.84. The van der Waals surface area contributed by atoms with Crippen molar-refractivity contribution in [3.63, 3.8) is 0 Å². The van der Waals surface area contributed by atoms with E-state index in [0.29, 0.717) is 32.5 Å². The largest absolute Gasteiger partial charge is 0.354 e. The molecule has 0 saturated heterocycles. The molecule has 3 aromatic rings. The lowest BCUT2D eigenvalue weighted by Crippen LogP contribution is -2.31. The number of hydrogen-bond donors (Lipinski definition) is 1. The third kappa shape index (κ3) is 4.85. The van der Waals surface area contributed by atoms with Gasteiger partial charge in [0.1, 0.15) is 12.7 Å². The first-order valence-electron chi connectivity index (χ1n) is 8.45. The van der Waals surface area contributed by atoms with Crippen LogP contribution in [0.5, 0.6) is 0 Å². The van der Waals surface area contributed by atoms with Gasteiger partial charge >= 0.3 is 0 Å². The lowest BCUT2D eigenvalue weighted by Gasteiger charge is -2.08. The van der Waals surface area contributed by atoms with Crippen molar-refractivity contribution in [2.75, 3.05) is 6.54 Å². The van der Waals surface area contributed by atoms with Crippen molar-refractivity contribution in [3.8, 4) is 11.3 Å². The normalized spacial score (nSPS) is 10.6. The number of carbonyl (C=O) groups excluding carboxylic acids is 1. The summed E-state index contributed by atoms with van der Waals surface area (Å²) in [5.41, 5.74) is 1.48. The maximum Gasteiger partial charge on any atom is 0.266 e. The van der Waals surface area contributed by atoms with Crippen LogP contribution in [0, 0.1) is 0 Å². The maximum atomic E-state index is 12.0. The molecular formula is C18H20N6O2. The van der Waals surface area contributed by atoms with E-state index >= 15 is 0 Å². The monoisotopic (exact) mass is 352 g/mol. The van der Waals surface area contributed by atoms with Crippen LogP contribution in [0.15, 0.2) is 59.9 Å². The van der Waals surface area contributed by atoms with Crippen molar-refractivity contribution in [2.24, 2.45) is 0 Å². The SMILES string of the molecule is O=C(CCCn1cncn1)NCCn1nc(-c2ccccc2)ccc1=O. The highest BCUT2D eigenvalue weighted by atomic mass is 16.1. The molecule has 1 N–H and O–H groups in total. The first kappa shape index (κ1) is 17.5. The highest BCUT2D eigenvalue weighted by Crippen LogP contribution is 2.13. The van der Waals surface area contributed by atoms with E-state index < -0.39 is 0 Å². The second-order valence-corrected chi connectivity index (χ2v) is 5.76. The van der Waals surface area contributed by atoms with E-state index in [1.165, 1.54) is 17.1 Å². The quantitative estimate of drug-likeness (QED) is 0.655. The summed E-state index contributed by atoms with van der Waals surface area (Å²) < 4.78 is 3.06. The number of aromatic nitrogens is 5. The van der Waals surface area contributed by atoms with Crippen LogP contribution < -0.4 is 10.9 Å². The van der Waals surface area contributed by atoms with Gasteiger partial charge in [-0.05, 0) is 12.5 Å². The van der Waals surface area contributed by atoms with Crippen molar-refractivity contribution in [1.82, 2.24) is 29.9 Å². The zero-order valence-corrected chi connectivity index (χ0v) is 14.3. The van der Waals surface area contributed by atoms with Gasteiger partial charge in [0.25, 0.3) is 5.56 Å². The average Bonchev–Trinajstić information content (AvgIpc) is 3.17. The molecule has 0 radical (unpaired) electrons. The molecule has 0 aliphatic rings. The zero-order valence-electron chi connectivity index (χ0n) is 14.3. The van der Waals surface area contributed by atoms with E-state index in [0.717, 1.165) is 11.3 Å². The lowest BCUT2D eigenvalue weighted by atomic mass is 10.1. The van der Waals surface area contributed by atoms with Crippen molar-refractivity contribution < 1.29 is 4.79 Å². The fourth-order valence-electron chi connectivity index (χ4n) is 2.51. The fourth-order valence-corrected chi connectivity index (χ4v) is 2.51. The standard InChI is InChI=1S/C18H20N6O2/c25-17(7-4-11-23-14-19-13-21-23)20-10-12-24-18(26)9-8-16(22-24)15-5-2-1-3-6-15/h1-3,5-6,8-9,13-14H,4,7,10-12H2,(H,20,25). The van der Waals surface area contributed by atoms with Gasteiger partial charge in [-0.15, -0.1) is 0 Å². The summed E-state index contributed by atoms with van der Waals surface area (Å²) in [5, 5.41) is 11.2. The number of nitrogens with one attached hydrogen (secondary N) is 1. The highest BCUT2D eigenvalue weighted by Gasteiger charge is 2.05. The van der Waals surface area contributed by atoms with Crippen LogP contribution in [0.1, 0.15) is 12.8 Å². The van der Waals surface area contributed by atoms with E-state index in [-0.39, 0.29) is 11.5 Å². The minimum atomic E-state index is -0.190. The molecule has 1 amide bonds. The molecular weight excluding hydrogens is 332 g/mol. The van der Waals surface area contributed by atoms with E-state index in [1.807, 2.05) is 30.3 Å². The molecule has 0 saturated carbocycles. The number of hydrogen-bond acceptors (Lipinski definition) is 5. The molecule has 134 valence electrons. The van der Waals surface area contributed by atoms with Crippen LogP contribution in [0.2, 0.25) is 0 Å². The number of rotatable bonds is 8. The summed E-state index contributed by atoms with van der Waals surface area (Å²) in [6.07, 6.45) is 4.16. The average molecular weight is 352 g/mol. The smallest absolute Gasteiger partial charge is 0.266 e. The van der Waals surface area contributed by atoms with Gasteiger partial charge in [0.15, 0.2) is 0 Å². The Morgan fingerprint density at radius 1 is 1.08 bits per heavy atom. The Hall–Kier alpha value is -3.29. The number of nitrogens with zero attached hydrogens (tertiary/aromatic N) is 5. The summed E-state index contributed by atoms with van der Waals surface area (Å²) in [6.45, 7) is 1.33. The topological polar surface area (TPSA) is 94.7 Å². The molecule has 3 rings (SSSR count). The Labute approximate surface area is 150 Å². The second kappa shape index (κ2) is 8.70. The Balaban J connectivity index is 1.48. The van der Waals surface area contributed by atoms with Gasteiger partial charge in [-0.25, -0.2) is 9.67 Å².